The van der Waals surface area contributed by atoms with E-state index in [-0.39, 0.29) is 18.1 Å². The standard InChI is InChI=1S/C21H18N6O3S/c1-3-11-25(20(28)15-7-10-19-17(12-15)23-24-26(19)4-2)21-22-18(13-31-21)14-5-8-16(9-6-14)27(29)30/h3,5-10,12-13H,1,4,11H2,2H3. The molecule has 4 rings (SSSR count). The third-order valence-electron chi connectivity index (χ3n) is 4.71. The maximum Gasteiger partial charge on any atom is 0.269 e. The maximum absolute atomic E-state index is 13.2. The zero-order valence-corrected chi connectivity index (χ0v) is 17.5. The van der Waals surface area contributed by atoms with Crippen LogP contribution in [0.3, 0.4) is 0 Å². The average Bonchev–Trinajstić information content (AvgIpc) is 3.43. The van der Waals surface area contributed by atoms with Gasteiger partial charge in [0.05, 0.1) is 16.1 Å². The largest absolute Gasteiger partial charge is 0.280 e. The Morgan fingerprint density at radius 2 is 2.06 bits per heavy atom. The smallest absolute Gasteiger partial charge is 0.269 e. The lowest BCUT2D eigenvalue weighted by Gasteiger charge is -2.18. The third-order valence-corrected chi connectivity index (χ3v) is 5.58. The van der Waals surface area contributed by atoms with Gasteiger partial charge in [0.1, 0.15) is 5.52 Å². The van der Waals surface area contributed by atoms with Gasteiger partial charge in [-0.3, -0.25) is 19.8 Å². The predicted octanol–water partition coefficient (Wildman–Crippen LogP) is 4.32. The fourth-order valence-electron chi connectivity index (χ4n) is 3.15. The van der Waals surface area contributed by atoms with Crippen LogP contribution in [0.2, 0.25) is 0 Å². The van der Waals surface area contributed by atoms with Crippen molar-refractivity contribution in [3.63, 3.8) is 0 Å². The number of carbonyl (C=O) groups is 1. The number of hydrogen-bond donors (Lipinski definition) is 0. The minimum Gasteiger partial charge on any atom is -0.280 e. The van der Waals surface area contributed by atoms with Crippen LogP contribution in [0.1, 0.15) is 17.3 Å². The Labute approximate surface area is 181 Å². The lowest BCUT2D eigenvalue weighted by molar-refractivity contribution is -0.384. The van der Waals surface area contributed by atoms with Gasteiger partial charge in [-0.25, -0.2) is 9.67 Å². The molecular weight excluding hydrogens is 416 g/mol. The van der Waals surface area contributed by atoms with Crippen molar-refractivity contribution in [3.05, 3.63) is 76.2 Å². The van der Waals surface area contributed by atoms with Crippen molar-refractivity contribution in [3.8, 4) is 11.3 Å². The molecule has 0 aliphatic heterocycles. The van der Waals surface area contributed by atoms with Crippen LogP contribution in [-0.4, -0.2) is 37.4 Å². The lowest BCUT2D eigenvalue weighted by Crippen LogP contribution is -2.31. The number of nitro benzene ring substituents is 1. The van der Waals surface area contributed by atoms with Crippen molar-refractivity contribution in [2.45, 2.75) is 13.5 Å². The summed E-state index contributed by atoms with van der Waals surface area (Å²) in [5, 5.41) is 21.4. The van der Waals surface area contributed by atoms with E-state index in [2.05, 4.69) is 21.9 Å². The molecule has 4 aromatic rings. The quantitative estimate of drug-likeness (QED) is 0.244. The summed E-state index contributed by atoms with van der Waals surface area (Å²) in [5.41, 5.74) is 3.37. The van der Waals surface area contributed by atoms with E-state index in [0.29, 0.717) is 28.5 Å². The normalized spacial score (nSPS) is 10.9. The Balaban J connectivity index is 1.63. The Hall–Kier alpha value is -3.92. The van der Waals surface area contributed by atoms with Gasteiger partial charge in [-0.15, -0.1) is 23.0 Å². The molecule has 10 heteroatoms. The zero-order valence-electron chi connectivity index (χ0n) is 16.6. The van der Waals surface area contributed by atoms with Crippen LogP contribution in [0.5, 0.6) is 0 Å². The van der Waals surface area contributed by atoms with Crippen LogP contribution in [0.15, 0.2) is 60.5 Å². The number of carbonyl (C=O) groups excluding carboxylic acids is 1. The number of nitro groups is 1. The van der Waals surface area contributed by atoms with Gasteiger partial charge in [0.25, 0.3) is 11.6 Å². The number of aryl methyl sites for hydroxylation is 1. The first kappa shape index (κ1) is 20.4. The minimum atomic E-state index is -0.448. The van der Waals surface area contributed by atoms with Crippen LogP contribution in [0, 0.1) is 10.1 Å². The third kappa shape index (κ3) is 3.92. The second kappa shape index (κ2) is 8.44. The van der Waals surface area contributed by atoms with Crippen LogP contribution >= 0.6 is 11.3 Å². The molecule has 0 N–H and O–H groups in total. The monoisotopic (exact) mass is 434 g/mol. The molecule has 0 bridgehead atoms. The summed E-state index contributed by atoms with van der Waals surface area (Å²) in [6, 6.07) is 11.4. The highest BCUT2D eigenvalue weighted by Crippen LogP contribution is 2.29. The van der Waals surface area contributed by atoms with E-state index < -0.39 is 4.92 Å². The van der Waals surface area contributed by atoms with Gasteiger partial charge < -0.3 is 0 Å². The summed E-state index contributed by atoms with van der Waals surface area (Å²) in [4.78, 5) is 29.8. The van der Waals surface area contributed by atoms with E-state index >= 15 is 0 Å². The molecule has 0 spiro atoms. The Kier molecular flexibility index (Phi) is 5.54. The maximum atomic E-state index is 13.2. The first-order chi connectivity index (χ1) is 15.0. The van der Waals surface area contributed by atoms with Gasteiger partial charge in [0.2, 0.25) is 0 Å². The Bertz CT molecular complexity index is 1280. The predicted molar refractivity (Wildman–Crippen MR) is 119 cm³/mol. The molecule has 9 nitrogen and oxygen atoms in total. The van der Waals surface area contributed by atoms with Crippen molar-refractivity contribution in [2.75, 3.05) is 11.4 Å². The summed E-state index contributed by atoms with van der Waals surface area (Å²) >= 11 is 1.32. The Morgan fingerprint density at radius 3 is 2.74 bits per heavy atom. The number of nitrogens with zero attached hydrogens (tertiary/aromatic N) is 6. The SMILES string of the molecule is C=CCN(C(=O)c1ccc2c(c1)nnn2CC)c1nc(-c2ccc([N+](=O)[O-])cc2)cs1. The highest BCUT2D eigenvalue weighted by Gasteiger charge is 2.21. The summed E-state index contributed by atoms with van der Waals surface area (Å²) in [7, 11) is 0. The zero-order chi connectivity index (χ0) is 22.0. The molecule has 0 radical (unpaired) electrons. The van der Waals surface area contributed by atoms with Gasteiger partial charge in [-0.05, 0) is 37.3 Å². The summed E-state index contributed by atoms with van der Waals surface area (Å²) in [6.45, 7) is 6.70. The molecule has 2 heterocycles. The highest BCUT2D eigenvalue weighted by molar-refractivity contribution is 7.14. The summed E-state index contributed by atoms with van der Waals surface area (Å²) in [6.07, 6.45) is 1.64. The molecule has 156 valence electrons. The number of hydrogen-bond acceptors (Lipinski definition) is 7. The number of anilines is 1. The fourth-order valence-corrected chi connectivity index (χ4v) is 3.99. The second-order valence-electron chi connectivity index (χ2n) is 6.63. The van der Waals surface area contributed by atoms with Gasteiger partial charge in [0, 0.05) is 41.7 Å². The van der Waals surface area contributed by atoms with Crippen LogP contribution in [0.25, 0.3) is 22.3 Å². The summed E-state index contributed by atoms with van der Waals surface area (Å²) < 4.78 is 1.77. The van der Waals surface area contributed by atoms with E-state index in [4.69, 9.17) is 0 Å². The molecular formula is C21H18N6O3S. The number of rotatable bonds is 7. The molecule has 0 saturated carbocycles. The van der Waals surface area contributed by atoms with Crippen molar-refractivity contribution >= 4 is 39.1 Å². The number of thiazole rings is 1. The molecule has 0 atom stereocenters. The number of aromatic nitrogens is 4. The van der Waals surface area contributed by atoms with Crippen LogP contribution in [0.4, 0.5) is 10.8 Å². The van der Waals surface area contributed by atoms with Crippen LogP contribution < -0.4 is 4.90 Å². The van der Waals surface area contributed by atoms with Crippen molar-refractivity contribution in [2.24, 2.45) is 0 Å². The number of non-ortho nitro benzene ring substituents is 1. The molecule has 0 fully saturated rings. The van der Waals surface area contributed by atoms with Gasteiger partial charge in [-0.2, -0.15) is 0 Å². The second-order valence-corrected chi connectivity index (χ2v) is 7.47. The lowest BCUT2D eigenvalue weighted by atomic mass is 10.1. The summed E-state index contributed by atoms with van der Waals surface area (Å²) in [5.74, 6) is -0.225. The molecule has 1 amide bonds. The Morgan fingerprint density at radius 1 is 1.29 bits per heavy atom. The molecule has 2 aromatic heterocycles. The number of benzene rings is 2. The highest BCUT2D eigenvalue weighted by atomic mass is 32.1. The van der Waals surface area contributed by atoms with Crippen LogP contribution in [-0.2, 0) is 6.54 Å². The van der Waals surface area contributed by atoms with E-state index in [9.17, 15) is 14.9 Å². The molecule has 0 saturated heterocycles. The first-order valence-corrected chi connectivity index (χ1v) is 10.4. The van der Waals surface area contributed by atoms with E-state index in [1.54, 1.807) is 35.0 Å². The van der Waals surface area contributed by atoms with E-state index in [0.717, 1.165) is 11.1 Å². The van der Waals surface area contributed by atoms with Crippen molar-refractivity contribution in [1.29, 1.82) is 0 Å². The minimum absolute atomic E-state index is 0.0121. The molecule has 31 heavy (non-hydrogen) atoms. The van der Waals surface area contributed by atoms with Gasteiger partial charge in [-0.1, -0.05) is 11.3 Å². The molecule has 0 aliphatic rings. The topological polar surface area (TPSA) is 107 Å². The number of fused-ring (bicyclic) bond motifs is 1. The van der Waals surface area contributed by atoms with Crippen molar-refractivity contribution < 1.29 is 9.72 Å². The molecule has 2 aromatic carbocycles. The van der Waals surface area contributed by atoms with E-state index in [1.807, 2.05) is 18.4 Å². The molecule has 0 aliphatic carbocycles. The average molecular weight is 434 g/mol. The van der Waals surface area contributed by atoms with Crippen molar-refractivity contribution in [1.82, 2.24) is 20.0 Å². The van der Waals surface area contributed by atoms with Gasteiger partial charge >= 0.3 is 0 Å². The fraction of sp³-hybridized carbons (Fsp3) is 0.143. The number of amides is 1. The molecule has 0 unspecified atom stereocenters. The first-order valence-electron chi connectivity index (χ1n) is 9.48. The van der Waals surface area contributed by atoms with E-state index in [1.165, 1.54) is 28.4 Å². The van der Waals surface area contributed by atoms with Gasteiger partial charge in [0.15, 0.2) is 5.13 Å².